The van der Waals surface area contributed by atoms with Crippen LogP contribution in [0.25, 0.3) is 0 Å². The summed E-state index contributed by atoms with van der Waals surface area (Å²) in [4.78, 5) is 31.5. The first-order valence-corrected chi connectivity index (χ1v) is 7.71. The maximum atomic E-state index is 10.5. The van der Waals surface area contributed by atoms with E-state index in [-0.39, 0.29) is 40.8 Å². The summed E-state index contributed by atoms with van der Waals surface area (Å²) in [6, 6.07) is 21.7. The van der Waals surface area contributed by atoms with Crippen molar-refractivity contribution in [2.24, 2.45) is 0 Å². The van der Waals surface area contributed by atoms with Crippen molar-refractivity contribution in [2.75, 3.05) is 0 Å². The third kappa shape index (κ3) is 10.5. The molecule has 0 fully saturated rings. The molecule has 0 aliphatic rings. The van der Waals surface area contributed by atoms with Gasteiger partial charge in [0, 0.05) is 0 Å². The molecule has 0 aromatic heterocycles. The fourth-order valence-electron chi connectivity index (χ4n) is 1.54. The molecular weight excluding hydrogens is 492 g/mol. The van der Waals surface area contributed by atoms with Crippen LogP contribution in [-0.4, -0.2) is 0 Å². The Kier molecular flexibility index (Phi) is 13.1. The largest absolute Gasteiger partial charge is 3.00 e. The van der Waals surface area contributed by atoms with E-state index in [1.54, 1.807) is 54.6 Å². The maximum Gasteiger partial charge on any atom is 3.00 e. The molecule has 6 nitrogen and oxygen atoms in total. The molecule has 1 radical (unpaired) electrons. The number of rotatable bonds is 0. The predicted octanol–water partition coefficient (Wildman–Crippen LogP) is 0.361. The quantitative estimate of drug-likeness (QED) is 0.433. The summed E-state index contributed by atoms with van der Waals surface area (Å²) in [7, 11) is 0. The van der Waals surface area contributed by atoms with Crippen molar-refractivity contribution in [3.05, 3.63) is 122 Å². The van der Waals surface area contributed by atoms with Gasteiger partial charge in [0.2, 0.25) is 0 Å². The summed E-state index contributed by atoms with van der Waals surface area (Å²) < 4.78 is 0. The molecule has 0 unspecified atom stereocenters. The van der Waals surface area contributed by atoms with Crippen LogP contribution < -0.4 is 31.6 Å². The summed E-state index contributed by atoms with van der Waals surface area (Å²) in [5.41, 5.74) is -1.37. The molecule has 0 saturated heterocycles. The first-order valence-electron chi connectivity index (χ1n) is 7.71. The van der Waals surface area contributed by atoms with E-state index in [2.05, 4.69) is 0 Å². The fourth-order valence-corrected chi connectivity index (χ4v) is 1.54. The van der Waals surface area contributed by atoms with Crippen LogP contribution in [0, 0.1) is 40.8 Å². The van der Waals surface area contributed by atoms with E-state index in [1.807, 2.05) is 0 Å². The normalized spacial score (nSPS) is 8.57. The van der Waals surface area contributed by atoms with Crippen molar-refractivity contribution in [3.63, 3.8) is 0 Å². The van der Waals surface area contributed by atoms with Gasteiger partial charge in [0.05, 0.1) is 0 Å². The molecule has 28 heavy (non-hydrogen) atoms. The van der Waals surface area contributed by atoms with Crippen LogP contribution in [0.2, 0.25) is 0 Å². The molecule has 3 rings (SSSR count). The Morgan fingerprint density at radius 3 is 0.857 bits per heavy atom. The van der Waals surface area contributed by atoms with Gasteiger partial charge in [-0.1, -0.05) is 90.0 Å². The molecule has 0 bridgehead atoms. The summed E-state index contributed by atoms with van der Waals surface area (Å²) in [6.45, 7) is 0. The van der Waals surface area contributed by atoms with Gasteiger partial charge in [0.1, 0.15) is 0 Å². The first-order chi connectivity index (χ1) is 12.9. The zero-order valence-electron chi connectivity index (χ0n) is 14.6. The molecular formula is C21H15NdO6. The van der Waals surface area contributed by atoms with Crippen molar-refractivity contribution in [1.29, 1.82) is 0 Å². The Bertz CT molecular complexity index is 906. The van der Waals surface area contributed by atoms with Gasteiger partial charge >= 0.3 is 40.8 Å². The van der Waals surface area contributed by atoms with Gasteiger partial charge in [0.15, 0.2) is 16.3 Å². The van der Waals surface area contributed by atoms with E-state index in [0.29, 0.717) is 0 Å². The van der Waals surface area contributed by atoms with Gasteiger partial charge in [-0.25, -0.2) is 0 Å². The van der Waals surface area contributed by atoms with Crippen molar-refractivity contribution in [1.82, 2.24) is 0 Å². The van der Waals surface area contributed by atoms with Crippen LogP contribution in [-0.2, 0) is 0 Å². The molecule has 0 aliphatic carbocycles. The summed E-state index contributed by atoms with van der Waals surface area (Å²) in [5.74, 6) is -1.37. The van der Waals surface area contributed by atoms with E-state index in [4.69, 9.17) is 0 Å². The zero-order valence-corrected chi connectivity index (χ0v) is 17.8. The second-order valence-electron chi connectivity index (χ2n) is 4.92. The molecule has 7 heteroatoms. The summed E-state index contributed by atoms with van der Waals surface area (Å²) in [5, 5.41) is 31.5. The van der Waals surface area contributed by atoms with Gasteiger partial charge in [-0.3, -0.25) is 14.4 Å². The van der Waals surface area contributed by atoms with Crippen molar-refractivity contribution in [2.45, 2.75) is 0 Å². The van der Waals surface area contributed by atoms with Crippen LogP contribution in [0.4, 0.5) is 0 Å². The molecule has 0 amide bonds. The Labute approximate surface area is 193 Å². The van der Waals surface area contributed by atoms with Crippen LogP contribution in [0.1, 0.15) is 0 Å². The molecule has 0 atom stereocenters. The van der Waals surface area contributed by atoms with Gasteiger partial charge in [0.25, 0.3) is 0 Å². The molecule has 0 N–H and O–H groups in total. The zero-order chi connectivity index (χ0) is 20.1. The maximum absolute atomic E-state index is 10.5. The molecule has 0 aliphatic heterocycles. The molecule has 0 spiro atoms. The molecule has 0 saturated carbocycles. The van der Waals surface area contributed by atoms with E-state index < -0.39 is 33.5 Å². The predicted molar refractivity (Wildman–Crippen MR) is 96.5 cm³/mol. The van der Waals surface area contributed by atoms with E-state index in [0.717, 1.165) is 0 Å². The molecule has 3 aromatic carbocycles. The van der Waals surface area contributed by atoms with Gasteiger partial charge in [-0.2, -0.15) is 0 Å². The van der Waals surface area contributed by atoms with Crippen LogP contribution >= 0.6 is 0 Å². The van der Waals surface area contributed by atoms with E-state index >= 15 is 0 Å². The topological polar surface area (TPSA) is 120 Å². The second-order valence-corrected chi connectivity index (χ2v) is 4.92. The SMILES string of the molecule is O=c1cccccc1[O-].O=c1cccccc1[O-].O=c1cccccc1[O-].[Nd+3]. The summed E-state index contributed by atoms with van der Waals surface area (Å²) >= 11 is 0. The van der Waals surface area contributed by atoms with Gasteiger partial charge < -0.3 is 15.3 Å². The Balaban J connectivity index is 0.000000384. The van der Waals surface area contributed by atoms with Crippen molar-refractivity contribution in [3.8, 4) is 17.2 Å². The Morgan fingerprint density at radius 1 is 0.393 bits per heavy atom. The first kappa shape index (κ1) is 25.4. The van der Waals surface area contributed by atoms with E-state index in [9.17, 15) is 29.7 Å². The van der Waals surface area contributed by atoms with Gasteiger partial charge in [-0.05, 0) is 18.2 Å². The second kappa shape index (κ2) is 14.5. The monoisotopic (exact) mass is 505 g/mol. The van der Waals surface area contributed by atoms with Crippen LogP contribution in [0.15, 0.2) is 105 Å². The van der Waals surface area contributed by atoms with Crippen LogP contribution in [0.3, 0.4) is 0 Å². The minimum absolute atomic E-state index is 0. The van der Waals surface area contributed by atoms with Crippen molar-refractivity contribution >= 4 is 0 Å². The third-order valence-corrected chi connectivity index (χ3v) is 2.88. The summed E-state index contributed by atoms with van der Waals surface area (Å²) in [6.07, 6.45) is 0. The van der Waals surface area contributed by atoms with Crippen molar-refractivity contribution < 1.29 is 56.2 Å². The minimum Gasteiger partial charge on any atom is -0.870 e. The average molecular weight is 508 g/mol. The minimum atomic E-state index is -0.458. The van der Waals surface area contributed by atoms with Gasteiger partial charge in [-0.15, -0.1) is 0 Å². The molecule has 0 heterocycles. The fraction of sp³-hybridized carbons (Fsp3) is 0. The number of hydrogen-bond acceptors (Lipinski definition) is 6. The Morgan fingerprint density at radius 2 is 0.607 bits per heavy atom. The third-order valence-electron chi connectivity index (χ3n) is 2.88. The Hall–Kier alpha value is -2.58. The average Bonchev–Trinajstić information content (AvgIpc) is 3.04. The number of hydrogen-bond donors (Lipinski definition) is 0. The standard InChI is InChI=1S/3C7H6O2.Nd/c3*8-6-4-2-1-3-5-7(6)9;/h3*1-5H,(H,8,9);/q;;;+3/p-3. The molecule has 3 aromatic rings. The smallest absolute Gasteiger partial charge is 0.870 e. The van der Waals surface area contributed by atoms with E-state index in [1.165, 1.54) is 36.4 Å². The molecule has 139 valence electrons. The van der Waals surface area contributed by atoms with Crippen LogP contribution in [0.5, 0.6) is 17.2 Å².